The predicted molar refractivity (Wildman–Crippen MR) is 55.5 cm³/mol. The molecule has 0 atom stereocenters. The first-order valence-corrected chi connectivity index (χ1v) is 5.35. The molecule has 2 heterocycles. The molecule has 4 nitrogen and oxygen atoms in total. The third-order valence-electron chi connectivity index (χ3n) is 2.76. The van der Waals surface area contributed by atoms with E-state index in [2.05, 4.69) is 5.10 Å². The average molecular weight is 208 g/mol. The third-order valence-corrected chi connectivity index (χ3v) is 2.76. The number of carbonyl (C=O) groups is 1. The SMILES string of the molecule is Cc1cnn(CC(=O)C2CCOCC2)c1. The summed E-state index contributed by atoms with van der Waals surface area (Å²) in [6.07, 6.45) is 5.40. The van der Waals surface area contributed by atoms with Crippen LogP contribution in [-0.2, 0) is 16.1 Å². The average Bonchev–Trinajstić information content (AvgIpc) is 2.65. The van der Waals surface area contributed by atoms with Crippen molar-refractivity contribution in [3.8, 4) is 0 Å². The molecule has 0 radical (unpaired) electrons. The Balaban J connectivity index is 1.91. The molecule has 82 valence electrons. The van der Waals surface area contributed by atoms with Crippen LogP contribution in [0, 0.1) is 12.8 Å². The zero-order valence-corrected chi connectivity index (χ0v) is 8.98. The summed E-state index contributed by atoms with van der Waals surface area (Å²) in [5, 5.41) is 4.12. The maximum atomic E-state index is 11.9. The lowest BCUT2D eigenvalue weighted by molar-refractivity contribution is -0.126. The Kier molecular flexibility index (Phi) is 3.16. The number of nitrogens with zero attached hydrogens (tertiary/aromatic N) is 2. The van der Waals surface area contributed by atoms with Gasteiger partial charge in [-0.3, -0.25) is 9.48 Å². The monoisotopic (exact) mass is 208 g/mol. The third kappa shape index (κ3) is 2.65. The predicted octanol–water partition coefficient (Wildman–Crippen LogP) is 1.19. The second kappa shape index (κ2) is 4.57. The van der Waals surface area contributed by atoms with Crippen molar-refractivity contribution in [2.24, 2.45) is 5.92 Å². The Morgan fingerprint density at radius 2 is 2.33 bits per heavy atom. The molecule has 1 saturated heterocycles. The van der Waals surface area contributed by atoms with Gasteiger partial charge in [0.1, 0.15) is 0 Å². The van der Waals surface area contributed by atoms with Gasteiger partial charge in [-0.05, 0) is 25.3 Å². The summed E-state index contributed by atoms with van der Waals surface area (Å²) in [7, 11) is 0. The van der Waals surface area contributed by atoms with E-state index in [9.17, 15) is 4.79 Å². The molecular formula is C11H16N2O2. The highest BCUT2D eigenvalue weighted by atomic mass is 16.5. The molecule has 0 aromatic carbocycles. The number of hydrogen-bond donors (Lipinski definition) is 0. The number of Topliss-reactive ketones (excluding diaryl/α,β-unsaturated/α-hetero) is 1. The molecule has 1 aliphatic heterocycles. The number of ketones is 1. The van der Waals surface area contributed by atoms with E-state index in [-0.39, 0.29) is 11.7 Å². The molecule has 0 unspecified atom stereocenters. The fourth-order valence-corrected chi connectivity index (χ4v) is 1.86. The van der Waals surface area contributed by atoms with Crippen molar-refractivity contribution in [1.82, 2.24) is 9.78 Å². The van der Waals surface area contributed by atoms with Crippen molar-refractivity contribution < 1.29 is 9.53 Å². The largest absolute Gasteiger partial charge is 0.381 e. The van der Waals surface area contributed by atoms with Gasteiger partial charge in [0.05, 0.1) is 12.7 Å². The first-order valence-electron chi connectivity index (χ1n) is 5.35. The molecule has 0 aliphatic carbocycles. The van der Waals surface area contributed by atoms with Gasteiger partial charge in [-0.15, -0.1) is 0 Å². The molecule has 1 aromatic rings. The van der Waals surface area contributed by atoms with Crippen LogP contribution in [0.4, 0.5) is 0 Å². The lowest BCUT2D eigenvalue weighted by atomic mass is 9.95. The van der Waals surface area contributed by atoms with Gasteiger partial charge in [-0.25, -0.2) is 0 Å². The van der Waals surface area contributed by atoms with Crippen LogP contribution in [0.25, 0.3) is 0 Å². The van der Waals surface area contributed by atoms with E-state index >= 15 is 0 Å². The minimum atomic E-state index is 0.170. The van der Waals surface area contributed by atoms with Crippen LogP contribution in [-0.4, -0.2) is 28.8 Å². The summed E-state index contributed by atoms with van der Waals surface area (Å²) in [6.45, 7) is 3.81. The lowest BCUT2D eigenvalue weighted by Crippen LogP contribution is -2.26. The van der Waals surface area contributed by atoms with Crippen molar-refractivity contribution in [2.75, 3.05) is 13.2 Å². The molecule has 1 fully saturated rings. The standard InChI is InChI=1S/C11H16N2O2/c1-9-6-12-13(7-9)8-11(14)10-2-4-15-5-3-10/h6-7,10H,2-5,8H2,1H3. The van der Waals surface area contributed by atoms with E-state index in [0.29, 0.717) is 19.8 Å². The summed E-state index contributed by atoms with van der Waals surface area (Å²) in [5.74, 6) is 0.449. The first kappa shape index (κ1) is 10.4. The van der Waals surface area contributed by atoms with E-state index < -0.39 is 0 Å². The quantitative estimate of drug-likeness (QED) is 0.749. The molecule has 0 N–H and O–H groups in total. The second-order valence-corrected chi connectivity index (χ2v) is 4.07. The summed E-state index contributed by atoms with van der Waals surface area (Å²) in [6, 6.07) is 0. The Morgan fingerprint density at radius 1 is 1.60 bits per heavy atom. The van der Waals surface area contributed by atoms with Crippen LogP contribution in [0.3, 0.4) is 0 Å². The zero-order valence-electron chi connectivity index (χ0n) is 8.98. The minimum absolute atomic E-state index is 0.170. The number of carbonyl (C=O) groups excluding carboxylic acids is 1. The summed E-state index contributed by atoms with van der Waals surface area (Å²) in [4.78, 5) is 11.9. The number of aryl methyl sites for hydroxylation is 1. The fourth-order valence-electron chi connectivity index (χ4n) is 1.86. The molecule has 0 saturated carbocycles. The van der Waals surface area contributed by atoms with Gasteiger partial charge in [-0.2, -0.15) is 5.10 Å². The van der Waals surface area contributed by atoms with Gasteiger partial charge in [-0.1, -0.05) is 0 Å². The van der Waals surface area contributed by atoms with Crippen molar-refractivity contribution in [2.45, 2.75) is 26.3 Å². The van der Waals surface area contributed by atoms with Crippen LogP contribution in [0.1, 0.15) is 18.4 Å². The van der Waals surface area contributed by atoms with Crippen molar-refractivity contribution >= 4 is 5.78 Å². The molecule has 0 amide bonds. The maximum absolute atomic E-state index is 11.9. The highest BCUT2D eigenvalue weighted by Gasteiger charge is 2.21. The van der Waals surface area contributed by atoms with Crippen molar-refractivity contribution in [3.63, 3.8) is 0 Å². The fraction of sp³-hybridized carbons (Fsp3) is 0.636. The van der Waals surface area contributed by atoms with E-state index in [1.165, 1.54) is 0 Å². The number of aromatic nitrogens is 2. The Bertz CT molecular complexity index is 340. The Hall–Kier alpha value is -1.16. The van der Waals surface area contributed by atoms with E-state index in [0.717, 1.165) is 18.4 Å². The normalized spacial score (nSPS) is 17.9. The van der Waals surface area contributed by atoms with Gasteiger partial charge in [0.25, 0.3) is 0 Å². The minimum Gasteiger partial charge on any atom is -0.381 e. The van der Waals surface area contributed by atoms with Gasteiger partial charge >= 0.3 is 0 Å². The van der Waals surface area contributed by atoms with Gasteiger partial charge in [0.15, 0.2) is 5.78 Å². The molecule has 15 heavy (non-hydrogen) atoms. The number of hydrogen-bond acceptors (Lipinski definition) is 3. The van der Waals surface area contributed by atoms with Crippen molar-refractivity contribution in [1.29, 1.82) is 0 Å². The highest BCUT2D eigenvalue weighted by Crippen LogP contribution is 2.16. The number of ether oxygens (including phenoxy) is 1. The summed E-state index contributed by atoms with van der Waals surface area (Å²) >= 11 is 0. The Labute approximate surface area is 89.2 Å². The van der Waals surface area contributed by atoms with Gasteiger partial charge < -0.3 is 4.74 Å². The molecule has 2 rings (SSSR count). The highest BCUT2D eigenvalue weighted by molar-refractivity contribution is 5.80. The van der Waals surface area contributed by atoms with Crippen molar-refractivity contribution in [3.05, 3.63) is 18.0 Å². The van der Waals surface area contributed by atoms with Gasteiger partial charge in [0.2, 0.25) is 0 Å². The summed E-state index contributed by atoms with van der Waals surface area (Å²) < 4.78 is 6.94. The van der Waals surface area contributed by atoms with Crippen LogP contribution in [0.5, 0.6) is 0 Å². The molecular weight excluding hydrogens is 192 g/mol. The Morgan fingerprint density at radius 3 is 2.93 bits per heavy atom. The second-order valence-electron chi connectivity index (χ2n) is 4.07. The zero-order chi connectivity index (χ0) is 10.7. The van der Waals surface area contributed by atoms with E-state index in [1.807, 2.05) is 13.1 Å². The molecule has 1 aromatic heterocycles. The van der Waals surface area contributed by atoms with Crippen LogP contribution in [0.2, 0.25) is 0 Å². The lowest BCUT2D eigenvalue weighted by Gasteiger charge is -2.20. The summed E-state index contributed by atoms with van der Waals surface area (Å²) in [5.41, 5.74) is 1.09. The van der Waals surface area contributed by atoms with E-state index in [4.69, 9.17) is 4.74 Å². The van der Waals surface area contributed by atoms with E-state index in [1.54, 1.807) is 10.9 Å². The maximum Gasteiger partial charge on any atom is 0.157 e. The van der Waals surface area contributed by atoms with Crippen LogP contribution in [0.15, 0.2) is 12.4 Å². The molecule has 0 spiro atoms. The molecule has 0 bridgehead atoms. The molecule has 4 heteroatoms. The van der Waals surface area contributed by atoms with Crippen LogP contribution >= 0.6 is 0 Å². The van der Waals surface area contributed by atoms with Crippen LogP contribution < -0.4 is 0 Å². The topological polar surface area (TPSA) is 44.1 Å². The molecule has 1 aliphatic rings. The first-order chi connectivity index (χ1) is 7.25. The smallest absolute Gasteiger partial charge is 0.157 e. The number of rotatable bonds is 3. The van der Waals surface area contributed by atoms with Gasteiger partial charge in [0, 0.05) is 25.3 Å².